The van der Waals surface area contributed by atoms with E-state index in [1.54, 1.807) is 53.9 Å². The molecule has 7 rings (SSSR count). The van der Waals surface area contributed by atoms with E-state index in [0.29, 0.717) is 0 Å². The van der Waals surface area contributed by atoms with Crippen molar-refractivity contribution in [1.29, 1.82) is 0 Å². The molecule has 31 heavy (non-hydrogen) atoms. The van der Waals surface area contributed by atoms with Crippen LogP contribution in [0.2, 0.25) is 23.0 Å². The summed E-state index contributed by atoms with van der Waals surface area (Å²) in [6.07, 6.45) is 0. The van der Waals surface area contributed by atoms with Crippen molar-refractivity contribution in [2.24, 2.45) is 0 Å². The third kappa shape index (κ3) is 2.28. The Morgan fingerprint density at radius 3 is 1.94 bits per heavy atom. The van der Waals surface area contributed by atoms with Gasteiger partial charge in [0.25, 0.3) is 0 Å². The summed E-state index contributed by atoms with van der Waals surface area (Å²) >= 11 is 1.42. The molecule has 0 bridgehead atoms. The van der Waals surface area contributed by atoms with Crippen molar-refractivity contribution in [3.8, 4) is 20.9 Å². The van der Waals surface area contributed by atoms with Gasteiger partial charge in [-0.25, -0.2) is 0 Å². The zero-order valence-electron chi connectivity index (χ0n) is 18.7. The molecule has 0 amide bonds. The van der Waals surface area contributed by atoms with Crippen LogP contribution in [0.3, 0.4) is 0 Å². The summed E-state index contributed by atoms with van der Waals surface area (Å²) in [5, 5.41) is 3.16. The summed E-state index contributed by atoms with van der Waals surface area (Å²) < 4.78 is 10.1. The van der Waals surface area contributed by atoms with Gasteiger partial charge in [-0.2, -0.15) is 0 Å². The SMILES string of the molecule is Cc1c[c]2c(s1)-c1ccc3[c]4c(ccc3[c]1[Ge]2([CH3])[CH3])-c1sc2cc(C)sc2[c]1[Ge]4([CH3])[CH3]. The average molecular weight is 578 g/mol. The minimum atomic E-state index is -2.38. The van der Waals surface area contributed by atoms with Gasteiger partial charge in [0, 0.05) is 0 Å². The summed E-state index contributed by atoms with van der Waals surface area (Å²) in [6, 6.07) is 14.9. The standard InChI is InChI=1S/C26H24Ge2S3/c1-13-11-19-24(29-13)17-9-7-16-15(21(17)27(19,3)4)8-10-18-22(16)28(5,6)23-25(18)31-20-12-14(2)30-26(20)23/h7-12H,1-6H3. The number of benzene rings is 2. The molecule has 5 heteroatoms. The second-order valence-corrected chi connectivity index (χ2v) is 31.8. The zero-order valence-corrected chi connectivity index (χ0v) is 25.3. The number of hydrogen-bond acceptors (Lipinski definition) is 3. The van der Waals surface area contributed by atoms with E-state index in [9.17, 15) is 0 Å². The zero-order chi connectivity index (χ0) is 21.4. The fraction of sp³-hybridized carbons (Fsp3) is 0.231. The van der Waals surface area contributed by atoms with Crippen molar-refractivity contribution in [3.05, 3.63) is 46.2 Å². The summed E-state index contributed by atoms with van der Waals surface area (Å²) in [4.78, 5) is 6.10. The van der Waals surface area contributed by atoms with E-state index < -0.39 is 26.5 Å². The Labute approximate surface area is 200 Å². The van der Waals surface area contributed by atoms with Gasteiger partial charge in [-0.15, -0.1) is 0 Å². The van der Waals surface area contributed by atoms with Crippen LogP contribution in [-0.4, -0.2) is 26.5 Å². The van der Waals surface area contributed by atoms with Crippen molar-refractivity contribution < 1.29 is 0 Å². The van der Waals surface area contributed by atoms with E-state index in [4.69, 9.17) is 0 Å². The Balaban J connectivity index is 1.57. The molecule has 2 aliphatic heterocycles. The summed E-state index contributed by atoms with van der Waals surface area (Å²) in [7, 11) is 0. The fourth-order valence-electron chi connectivity index (χ4n) is 6.33. The van der Waals surface area contributed by atoms with E-state index in [0.717, 1.165) is 0 Å². The van der Waals surface area contributed by atoms with Gasteiger partial charge in [-0.1, -0.05) is 0 Å². The fourth-order valence-corrected chi connectivity index (χ4v) is 29.6. The van der Waals surface area contributed by atoms with Crippen molar-refractivity contribution >= 4 is 98.3 Å². The van der Waals surface area contributed by atoms with E-state index in [-0.39, 0.29) is 0 Å². The van der Waals surface area contributed by atoms with Crippen molar-refractivity contribution in [2.75, 3.05) is 0 Å². The number of thiophene rings is 3. The molecule has 5 aromatic rings. The summed E-state index contributed by atoms with van der Waals surface area (Å²) in [6.45, 7) is 4.54. The van der Waals surface area contributed by atoms with Crippen molar-refractivity contribution in [2.45, 2.75) is 36.9 Å². The molecule has 0 spiro atoms. The third-order valence-electron chi connectivity index (χ3n) is 7.58. The molecule has 154 valence electrons. The van der Waals surface area contributed by atoms with Gasteiger partial charge in [0.05, 0.1) is 0 Å². The van der Waals surface area contributed by atoms with Crippen LogP contribution in [0.4, 0.5) is 0 Å². The molecule has 0 unspecified atom stereocenters. The Morgan fingerprint density at radius 1 is 0.613 bits per heavy atom. The topological polar surface area (TPSA) is 0 Å². The average Bonchev–Trinajstić information content (AvgIpc) is 3.43. The van der Waals surface area contributed by atoms with Gasteiger partial charge in [0.1, 0.15) is 0 Å². The number of aryl methyl sites for hydroxylation is 2. The second-order valence-electron chi connectivity index (χ2n) is 10.3. The summed E-state index contributed by atoms with van der Waals surface area (Å²) in [5.41, 5.74) is 3.12. The molecule has 0 saturated carbocycles. The minimum absolute atomic E-state index is 1.46. The molecule has 5 heterocycles. The van der Waals surface area contributed by atoms with Crippen LogP contribution < -0.4 is 17.6 Å². The molecule has 0 atom stereocenters. The van der Waals surface area contributed by atoms with Crippen LogP contribution in [0.25, 0.3) is 41.1 Å². The van der Waals surface area contributed by atoms with E-state index in [2.05, 4.69) is 73.3 Å². The quantitative estimate of drug-likeness (QED) is 0.187. The van der Waals surface area contributed by atoms with Crippen molar-refractivity contribution in [3.63, 3.8) is 0 Å². The molecule has 0 saturated heterocycles. The van der Waals surface area contributed by atoms with Crippen LogP contribution in [-0.2, 0) is 0 Å². The predicted molar refractivity (Wildman–Crippen MR) is 149 cm³/mol. The number of rotatable bonds is 0. The molecule has 0 aliphatic carbocycles. The molecule has 2 aromatic carbocycles. The van der Waals surface area contributed by atoms with Gasteiger partial charge in [-0.05, 0) is 0 Å². The van der Waals surface area contributed by atoms with E-state index >= 15 is 0 Å². The van der Waals surface area contributed by atoms with Crippen LogP contribution in [0.15, 0.2) is 36.4 Å². The molecule has 3 aromatic heterocycles. The summed E-state index contributed by atoms with van der Waals surface area (Å²) in [5.74, 6) is 10.5. The maximum atomic E-state index is 2.64. The van der Waals surface area contributed by atoms with Gasteiger partial charge in [0.15, 0.2) is 0 Å². The maximum absolute atomic E-state index is 2.64. The first-order chi connectivity index (χ1) is 14.7. The first-order valence-electron chi connectivity index (χ1n) is 11.0. The number of hydrogen-bond donors (Lipinski definition) is 0. The Bertz CT molecular complexity index is 1610. The molecule has 0 N–H and O–H groups in total. The second kappa shape index (κ2) is 5.98. The molecule has 2 aliphatic rings. The van der Waals surface area contributed by atoms with E-state index in [1.807, 2.05) is 34.0 Å². The Kier molecular flexibility index (Phi) is 3.78. The van der Waals surface area contributed by atoms with Crippen LogP contribution in [0.1, 0.15) is 9.75 Å². The Hall–Kier alpha value is -0.854. The van der Waals surface area contributed by atoms with Gasteiger partial charge in [0.2, 0.25) is 0 Å². The van der Waals surface area contributed by atoms with Gasteiger partial charge >= 0.3 is 202 Å². The molecular weight excluding hydrogens is 554 g/mol. The molecule has 0 fully saturated rings. The first kappa shape index (κ1) is 19.6. The van der Waals surface area contributed by atoms with Gasteiger partial charge < -0.3 is 0 Å². The predicted octanol–water partition coefficient (Wildman–Crippen LogP) is 6.40. The molecule has 0 radical (unpaired) electrons. The normalized spacial score (nSPS) is 17.2. The first-order valence-corrected chi connectivity index (χ1v) is 26.0. The van der Waals surface area contributed by atoms with Crippen molar-refractivity contribution in [1.82, 2.24) is 0 Å². The van der Waals surface area contributed by atoms with E-state index in [1.165, 1.54) is 14.5 Å². The van der Waals surface area contributed by atoms with Gasteiger partial charge in [-0.3, -0.25) is 0 Å². The molecule has 0 nitrogen and oxygen atoms in total. The number of fused-ring (bicyclic) bond motifs is 11. The van der Waals surface area contributed by atoms with Crippen LogP contribution >= 0.6 is 34.0 Å². The Morgan fingerprint density at radius 2 is 1.23 bits per heavy atom. The molecular formula is C26H24Ge2S3. The van der Waals surface area contributed by atoms with Crippen LogP contribution in [0.5, 0.6) is 0 Å². The monoisotopic (exact) mass is 580 g/mol. The van der Waals surface area contributed by atoms with Crippen LogP contribution in [0, 0.1) is 13.8 Å². The third-order valence-corrected chi connectivity index (χ3v) is 27.0.